The molecule has 0 fully saturated rings. The monoisotopic (exact) mass is 325 g/mol. The number of hydrogen-bond donors (Lipinski definition) is 1. The third-order valence-corrected chi connectivity index (χ3v) is 4.01. The van der Waals surface area contributed by atoms with Crippen LogP contribution < -0.4 is 15.2 Å². The van der Waals surface area contributed by atoms with Crippen molar-refractivity contribution < 1.29 is 9.47 Å². The maximum Gasteiger partial charge on any atom is 0.165 e. The molecule has 2 rings (SSSR count). The van der Waals surface area contributed by atoms with Gasteiger partial charge in [-0.25, -0.2) is 0 Å². The van der Waals surface area contributed by atoms with E-state index < -0.39 is 0 Å². The van der Waals surface area contributed by atoms with Gasteiger partial charge in [0.1, 0.15) is 0 Å². The Kier molecular flexibility index (Phi) is 5.34. The molecular formula is C16H17Cl2NO2. The normalized spacial score (nSPS) is 12.0. The fraction of sp³-hybridized carbons (Fsp3) is 0.250. The second-order valence-electron chi connectivity index (χ2n) is 4.64. The van der Waals surface area contributed by atoms with Gasteiger partial charge in [0.05, 0.1) is 24.3 Å². The van der Waals surface area contributed by atoms with Gasteiger partial charge < -0.3 is 15.2 Å². The Labute approximate surface area is 134 Å². The fourth-order valence-corrected chi connectivity index (χ4v) is 2.56. The summed E-state index contributed by atoms with van der Waals surface area (Å²) < 4.78 is 10.7. The molecule has 3 nitrogen and oxygen atoms in total. The summed E-state index contributed by atoms with van der Waals surface area (Å²) in [7, 11) is 3.21. The fourth-order valence-electron chi connectivity index (χ4n) is 2.23. The maximum absolute atomic E-state index is 6.30. The SMILES string of the molecule is COc1cccc(C(N)Cc2ccc(Cl)c(Cl)c2)c1OC. The Hall–Kier alpha value is -1.42. The zero-order chi connectivity index (χ0) is 15.4. The Balaban J connectivity index is 2.27. The Bertz CT molecular complexity index is 632. The molecule has 0 aliphatic heterocycles. The third kappa shape index (κ3) is 3.62. The Morgan fingerprint density at radius 2 is 1.81 bits per heavy atom. The largest absolute Gasteiger partial charge is 0.493 e. The molecule has 0 saturated carbocycles. The minimum atomic E-state index is -0.229. The predicted octanol–water partition coefficient (Wildman–Crippen LogP) is 4.25. The van der Waals surface area contributed by atoms with Gasteiger partial charge in [-0.3, -0.25) is 0 Å². The number of benzene rings is 2. The molecule has 2 N–H and O–H groups in total. The van der Waals surface area contributed by atoms with Gasteiger partial charge in [0.25, 0.3) is 0 Å². The van der Waals surface area contributed by atoms with Crippen LogP contribution in [0.1, 0.15) is 17.2 Å². The highest BCUT2D eigenvalue weighted by molar-refractivity contribution is 6.42. The first-order valence-corrected chi connectivity index (χ1v) is 7.22. The van der Waals surface area contributed by atoms with Crippen molar-refractivity contribution in [2.45, 2.75) is 12.5 Å². The highest BCUT2D eigenvalue weighted by Gasteiger charge is 2.16. The van der Waals surface area contributed by atoms with Gasteiger partial charge >= 0.3 is 0 Å². The zero-order valence-corrected chi connectivity index (χ0v) is 13.4. The van der Waals surface area contributed by atoms with Crippen molar-refractivity contribution in [2.24, 2.45) is 5.73 Å². The van der Waals surface area contributed by atoms with Crippen LogP contribution in [0.3, 0.4) is 0 Å². The van der Waals surface area contributed by atoms with E-state index in [0.717, 1.165) is 11.1 Å². The second kappa shape index (κ2) is 7.03. The van der Waals surface area contributed by atoms with E-state index in [4.69, 9.17) is 38.4 Å². The molecule has 5 heteroatoms. The molecule has 112 valence electrons. The number of nitrogens with two attached hydrogens (primary N) is 1. The van der Waals surface area contributed by atoms with Gasteiger partial charge in [-0.05, 0) is 30.2 Å². The molecule has 1 atom stereocenters. The summed E-state index contributed by atoms with van der Waals surface area (Å²) in [5.74, 6) is 1.33. The smallest absolute Gasteiger partial charge is 0.165 e. The van der Waals surface area contributed by atoms with E-state index >= 15 is 0 Å². The van der Waals surface area contributed by atoms with E-state index in [-0.39, 0.29) is 6.04 Å². The molecule has 2 aromatic carbocycles. The van der Waals surface area contributed by atoms with Crippen LogP contribution in [0.4, 0.5) is 0 Å². The van der Waals surface area contributed by atoms with Crippen LogP contribution in [0.2, 0.25) is 10.0 Å². The van der Waals surface area contributed by atoms with E-state index in [0.29, 0.717) is 28.0 Å². The molecule has 0 aliphatic carbocycles. The number of methoxy groups -OCH3 is 2. The number of para-hydroxylation sites is 1. The Morgan fingerprint density at radius 1 is 1.05 bits per heavy atom. The van der Waals surface area contributed by atoms with Crippen molar-refractivity contribution in [3.8, 4) is 11.5 Å². The molecule has 21 heavy (non-hydrogen) atoms. The number of halogens is 2. The average Bonchev–Trinajstić information content (AvgIpc) is 2.49. The lowest BCUT2D eigenvalue weighted by Crippen LogP contribution is -2.14. The Morgan fingerprint density at radius 3 is 2.43 bits per heavy atom. The lowest BCUT2D eigenvalue weighted by atomic mass is 9.98. The standard InChI is InChI=1S/C16H17Cl2NO2/c1-20-15-5-3-4-11(16(15)21-2)14(19)9-10-6-7-12(17)13(18)8-10/h3-8,14H,9,19H2,1-2H3. The van der Waals surface area contributed by atoms with Crippen LogP contribution in [0, 0.1) is 0 Å². The summed E-state index contributed by atoms with van der Waals surface area (Å²) in [5.41, 5.74) is 8.21. The molecule has 0 radical (unpaired) electrons. The first kappa shape index (κ1) is 16.0. The molecule has 0 saturated heterocycles. The van der Waals surface area contributed by atoms with Crippen molar-refractivity contribution in [3.05, 3.63) is 57.6 Å². The topological polar surface area (TPSA) is 44.5 Å². The van der Waals surface area contributed by atoms with Gasteiger partial charge in [0.15, 0.2) is 11.5 Å². The third-order valence-electron chi connectivity index (χ3n) is 3.27. The number of hydrogen-bond acceptors (Lipinski definition) is 3. The summed E-state index contributed by atoms with van der Waals surface area (Å²) in [6.07, 6.45) is 0.625. The zero-order valence-electron chi connectivity index (χ0n) is 11.9. The van der Waals surface area contributed by atoms with Gasteiger partial charge in [-0.1, -0.05) is 41.4 Å². The minimum Gasteiger partial charge on any atom is -0.493 e. The van der Waals surface area contributed by atoms with Gasteiger partial charge in [0, 0.05) is 11.6 Å². The first-order valence-electron chi connectivity index (χ1n) is 6.47. The van der Waals surface area contributed by atoms with E-state index in [2.05, 4.69) is 0 Å². The van der Waals surface area contributed by atoms with Crippen molar-refractivity contribution in [2.75, 3.05) is 14.2 Å². The van der Waals surface area contributed by atoms with E-state index in [1.54, 1.807) is 20.3 Å². The van der Waals surface area contributed by atoms with Crippen LogP contribution in [0.5, 0.6) is 11.5 Å². The van der Waals surface area contributed by atoms with Crippen LogP contribution in [0.25, 0.3) is 0 Å². The van der Waals surface area contributed by atoms with Crippen molar-refractivity contribution >= 4 is 23.2 Å². The lowest BCUT2D eigenvalue weighted by molar-refractivity contribution is 0.349. The first-order chi connectivity index (χ1) is 10.1. The number of rotatable bonds is 5. The average molecular weight is 326 g/mol. The minimum absolute atomic E-state index is 0.229. The summed E-state index contributed by atoms with van der Waals surface area (Å²) in [6, 6.07) is 11.0. The molecule has 1 unspecified atom stereocenters. The maximum atomic E-state index is 6.30. The molecule has 0 bridgehead atoms. The molecular weight excluding hydrogens is 309 g/mol. The highest BCUT2D eigenvalue weighted by Crippen LogP contribution is 2.35. The number of ether oxygens (including phenoxy) is 2. The van der Waals surface area contributed by atoms with Gasteiger partial charge in [-0.15, -0.1) is 0 Å². The van der Waals surface area contributed by atoms with Crippen LogP contribution >= 0.6 is 23.2 Å². The lowest BCUT2D eigenvalue weighted by Gasteiger charge is -2.18. The predicted molar refractivity (Wildman–Crippen MR) is 86.6 cm³/mol. The highest BCUT2D eigenvalue weighted by atomic mass is 35.5. The molecule has 0 amide bonds. The molecule has 2 aromatic rings. The van der Waals surface area contributed by atoms with Crippen molar-refractivity contribution in [1.82, 2.24) is 0 Å². The molecule has 0 aromatic heterocycles. The van der Waals surface area contributed by atoms with E-state index in [1.165, 1.54) is 0 Å². The van der Waals surface area contributed by atoms with E-state index in [9.17, 15) is 0 Å². The van der Waals surface area contributed by atoms with Crippen LogP contribution in [-0.2, 0) is 6.42 Å². The quantitative estimate of drug-likeness (QED) is 0.893. The summed E-state index contributed by atoms with van der Waals surface area (Å²) >= 11 is 12.0. The molecule has 0 aliphatic rings. The van der Waals surface area contributed by atoms with Gasteiger partial charge in [0.2, 0.25) is 0 Å². The van der Waals surface area contributed by atoms with Gasteiger partial charge in [-0.2, -0.15) is 0 Å². The summed E-state index contributed by atoms with van der Waals surface area (Å²) in [5, 5.41) is 1.06. The van der Waals surface area contributed by atoms with Crippen molar-refractivity contribution in [3.63, 3.8) is 0 Å². The van der Waals surface area contributed by atoms with Crippen molar-refractivity contribution in [1.29, 1.82) is 0 Å². The second-order valence-corrected chi connectivity index (χ2v) is 5.46. The molecule has 0 spiro atoms. The summed E-state index contributed by atoms with van der Waals surface area (Å²) in [4.78, 5) is 0. The summed E-state index contributed by atoms with van der Waals surface area (Å²) in [6.45, 7) is 0. The van der Waals surface area contributed by atoms with Crippen LogP contribution in [0.15, 0.2) is 36.4 Å². The van der Waals surface area contributed by atoms with Crippen LogP contribution in [-0.4, -0.2) is 14.2 Å². The van der Waals surface area contributed by atoms with E-state index in [1.807, 2.05) is 30.3 Å². The molecule has 0 heterocycles.